The van der Waals surface area contributed by atoms with Gasteiger partial charge in [-0.3, -0.25) is 10.1 Å². The van der Waals surface area contributed by atoms with E-state index in [2.05, 4.69) is 15.7 Å². The summed E-state index contributed by atoms with van der Waals surface area (Å²) in [5.41, 5.74) is 4.23. The van der Waals surface area contributed by atoms with Crippen molar-refractivity contribution in [2.75, 3.05) is 6.54 Å². The summed E-state index contributed by atoms with van der Waals surface area (Å²) >= 11 is 5.84. The lowest BCUT2D eigenvalue weighted by Gasteiger charge is -2.25. The number of fused-ring (bicyclic) bond motifs is 1. The van der Waals surface area contributed by atoms with Gasteiger partial charge in [0.05, 0.1) is 17.3 Å². The number of aromatic nitrogens is 2. The van der Waals surface area contributed by atoms with Gasteiger partial charge < -0.3 is 5.32 Å². The second kappa shape index (κ2) is 7.13. The van der Waals surface area contributed by atoms with Crippen molar-refractivity contribution in [2.24, 2.45) is 0 Å². The molecule has 2 heterocycles. The van der Waals surface area contributed by atoms with Gasteiger partial charge in [-0.25, -0.2) is 9.07 Å². The smallest absolute Gasteiger partial charge is 0.269 e. The van der Waals surface area contributed by atoms with E-state index in [9.17, 15) is 9.18 Å². The minimum absolute atomic E-state index is 0.0904. The van der Waals surface area contributed by atoms with Crippen molar-refractivity contribution in [3.8, 4) is 11.3 Å². The van der Waals surface area contributed by atoms with Gasteiger partial charge in [-0.15, -0.1) is 0 Å². The molecule has 3 aromatic rings. The van der Waals surface area contributed by atoms with E-state index < -0.39 is 5.82 Å². The molecule has 2 aromatic carbocycles. The zero-order valence-electron chi connectivity index (χ0n) is 14.7. The number of nitrogens with one attached hydrogen (secondary N) is 2. The lowest BCUT2D eigenvalue weighted by atomic mass is 10.1. The molecule has 0 unspecified atom stereocenters. The molecule has 1 atom stereocenters. The first-order valence-corrected chi connectivity index (χ1v) is 9.01. The predicted molar refractivity (Wildman–Crippen MR) is 102 cm³/mol. The Morgan fingerprint density at radius 3 is 2.78 bits per heavy atom. The van der Waals surface area contributed by atoms with E-state index in [0.717, 1.165) is 22.4 Å². The molecule has 7 heteroatoms. The molecule has 1 aliphatic rings. The maximum Gasteiger partial charge on any atom is 0.269 e. The number of aryl methyl sites for hydroxylation is 1. The Kier molecular flexibility index (Phi) is 4.68. The molecular formula is C20H18ClFN4O. The topological polar surface area (TPSA) is 59.0 Å². The third-order valence-electron chi connectivity index (χ3n) is 4.59. The molecule has 0 fully saturated rings. The summed E-state index contributed by atoms with van der Waals surface area (Å²) in [5.74, 6) is -0.591. The van der Waals surface area contributed by atoms with Crippen LogP contribution in [0, 0.1) is 12.7 Å². The Hall–Kier alpha value is -2.70. The van der Waals surface area contributed by atoms with E-state index in [4.69, 9.17) is 11.6 Å². The van der Waals surface area contributed by atoms with Crippen LogP contribution in [0.3, 0.4) is 0 Å². The van der Waals surface area contributed by atoms with Crippen molar-refractivity contribution in [1.82, 2.24) is 20.4 Å². The van der Waals surface area contributed by atoms with E-state index in [1.807, 2.05) is 31.2 Å². The maximum absolute atomic E-state index is 13.3. The number of carbonyl (C=O) groups excluding carboxylic acids is 1. The predicted octanol–water partition coefficient (Wildman–Crippen LogP) is 3.68. The zero-order valence-corrected chi connectivity index (χ0v) is 15.4. The van der Waals surface area contributed by atoms with Crippen LogP contribution in [0.25, 0.3) is 11.3 Å². The molecule has 1 aliphatic heterocycles. The van der Waals surface area contributed by atoms with Crippen molar-refractivity contribution in [3.05, 3.63) is 76.2 Å². The zero-order chi connectivity index (χ0) is 19.0. The van der Waals surface area contributed by atoms with Crippen LogP contribution >= 0.6 is 11.6 Å². The first kappa shape index (κ1) is 17.7. The molecule has 0 saturated heterocycles. The number of carbonyl (C=O) groups is 1. The third kappa shape index (κ3) is 3.59. The van der Waals surface area contributed by atoms with E-state index in [1.54, 1.807) is 22.9 Å². The Morgan fingerprint density at radius 1 is 1.26 bits per heavy atom. The highest BCUT2D eigenvalue weighted by Crippen LogP contribution is 2.23. The standard InChI is InChI=1S/C20H18ClFN4O/c1-12-2-5-14(6-3-12)17-9-18-20(27)24-11-19(26(18)25-17)23-10-13-4-7-16(22)15(21)8-13/h2-9,19,23H,10-11H2,1H3,(H,24,27)/t19-/m0/s1. The van der Waals surface area contributed by atoms with Crippen molar-refractivity contribution >= 4 is 17.5 Å². The molecule has 138 valence electrons. The van der Waals surface area contributed by atoms with E-state index in [0.29, 0.717) is 18.8 Å². The van der Waals surface area contributed by atoms with Gasteiger partial charge in [0, 0.05) is 12.1 Å². The minimum Gasteiger partial charge on any atom is -0.347 e. The van der Waals surface area contributed by atoms with Crippen molar-refractivity contribution in [2.45, 2.75) is 19.6 Å². The normalized spacial score (nSPS) is 16.1. The van der Waals surface area contributed by atoms with Crippen LogP contribution in [0.15, 0.2) is 48.5 Å². The van der Waals surface area contributed by atoms with Gasteiger partial charge in [0.2, 0.25) is 0 Å². The van der Waals surface area contributed by atoms with Crippen LogP contribution in [0.4, 0.5) is 4.39 Å². The number of rotatable bonds is 4. The largest absolute Gasteiger partial charge is 0.347 e. The van der Waals surface area contributed by atoms with Crippen LogP contribution in [0.2, 0.25) is 5.02 Å². The molecule has 1 aromatic heterocycles. The number of amides is 1. The van der Waals surface area contributed by atoms with Crippen molar-refractivity contribution in [1.29, 1.82) is 0 Å². The molecule has 27 heavy (non-hydrogen) atoms. The van der Waals surface area contributed by atoms with Gasteiger partial charge >= 0.3 is 0 Å². The Labute approximate surface area is 161 Å². The van der Waals surface area contributed by atoms with Crippen LogP contribution < -0.4 is 10.6 Å². The van der Waals surface area contributed by atoms with Crippen molar-refractivity contribution < 1.29 is 9.18 Å². The van der Waals surface area contributed by atoms with Gasteiger partial charge in [0.15, 0.2) is 0 Å². The molecule has 0 spiro atoms. The second-order valence-electron chi connectivity index (χ2n) is 6.58. The fraction of sp³-hybridized carbons (Fsp3) is 0.200. The summed E-state index contributed by atoms with van der Waals surface area (Å²) in [6, 6.07) is 14.4. The molecule has 0 radical (unpaired) electrons. The van der Waals surface area contributed by atoms with Crippen LogP contribution in [0.5, 0.6) is 0 Å². The first-order valence-electron chi connectivity index (χ1n) is 8.63. The summed E-state index contributed by atoms with van der Waals surface area (Å²) in [7, 11) is 0. The minimum atomic E-state index is -0.442. The number of nitrogens with zero attached hydrogens (tertiary/aromatic N) is 2. The quantitative estimate of drug-likeness (QED) is 0.721. The summed E-state index contributed by atoms with van der Waals surface area (Å²) in [6.45, 7) is 2.91. The lowest BCUT2D eigenvalue weighted by Crippen LogP contribution is -2.45. The Balaban J connectivity index is 1.58. The Bertz CT molecular complexity index is 1000. The van der Waals surface area contributed by atoms with Crippen LogP contribution in [-0.2, 0) is 6.54 Å². The van der Waals surface area contributed by atoms with Gasteiger partial charge in [0.1, 0.15) is 17.7 Å². The average molecular weight is 385 g/mol. The first-order chi connectivity index (χ1) is 13.0. The fourth-order valence-corrected chi connectivity index (χ4v) is 3.28. The summed E-state index contributed by atoms with van der Waals surface area (Å²) in [5, 5.41) is 10.9. The molecule has 1 amide bonds. The molecule has 4 rings (SSSR count). The molecule has 2 N–H and O–H groups in total. The summed E-state index contributed by atoms with van der Waals surface area (Å²) in [6.07, 6.45) is -0.208. The molecular weight excluding hydrogens is 367 g/mol. The molecule has 0 saturated carbocycles. The number of benzene rings is 2. The highest BCUT2D eigenvalue weighted by molar-refractivity contribution is 6.30. The van der Waals surface area contributed by atoms with Gasteiger partial charge in [-0.05, 0) is 30.7 Å². The van der Waals surface area contributed by atoms with Gasteiger partial charge in [0.25, 0.3) is 5.91 Å². The highest BCUT2D eigenvalue weighted by Gasteiger charge is 2.27. The van der Waals surface area contributed by atoms with E-state index in [1.165, 1.54) is 6.07 Å². The molecule has 0 aliphatic carbocycles. The number of halogens is 2. The Morgan fingerprint density at radius 2 is 2.04 bits per heavy atom. The molecule has 5 nitrogen and oxygen atoms in total. The SMILES string of the molecule is Cc1ccc(-c2cc3n(n2)[C@H](NCc2ccc(F)c(Cl)c2)CNC3=O)cc1. The lowest BCUT2D eigenvalue weighted by molar-refractivity contribution is 0.0900. The van der Waals surface area contributed by atoms with Gasteiger partial charge in [-0.2, -0.15) is 5.10 Å². The fourth-order valence-electron chi connectivity index (χ4n) is 3.08. The maximum atomic E-state index is 13.3. The van der Waals surface area contributed by atoms with E-state index in [-0.39, 0.29) is 17.1 Å². The highest BCUT2D eigenvalue weighted by atomic mass is 35.5. The van der Waals surface area contributed by atoms with E-state index >= 15 is 0 Å². The van der Waals surface area contributed by atoms with Crippen LogP contribution in [0.1, 0.15) is 27.8 Å². The van der Waals surface area contributed by atoms with Gasteiger partial charge in [-0.1, -0.05) is 47.5 Å². The number of hydrogen-bond donors (Lipinski definition) is 2. The summed E-state index contributed by atoms with van der Waals surface area (Å²) < 4.78 is 15.0. The van der Waals surface area contributed by atoms with Crippen molar-refractivity contribution in [3.63, 3.8) is 0 Å². The average Bonchev–Trinajstić information content (AvgIpc) is 3.11. The summed E-state index contributed by atoms with van der Waals surface area (Å²) in [4.78, 5) is 12.2. The monoisotopic (exact) mass is 384 g/mol. The van der Waals surface area contributed by atoms with Crippen LogP contribution in [-0.4, -0.2) is 22.2 Å². The third-order valence-corrected chi connectivity index (χ3v) is 4.88. The number of hydrogen-bond acceptors (Lipinski definition) is 3. The second-order valence-corrected chi connectivity index (χ2v) is 6.99. The molecule has 0 bridgehead atoms.